The molecule has 1 N–H and O–H groups in total. The van der Waals surface area contributed by atoms with E-state index in [0.29, 0.717) is 11.1 Å². The molecule has 16 heteroatoms. The Labute approximate surface area is 299 Å². The van der Waals surface area contributed by atoms with Crippen LogP contribution in [0, 0.1) is 11.3 Å². The number of carbonyl (C=O) groups is 1. The highest BCUT2D eigenvalue weighted by atomic mass is 35.5. The average molecular weight is 763 g/mol. The van der Waals surface area contributed by atoms with Crippen LogP contribution < -0.4 is 4.74 Å². The van der Waals surface area contributed by atoms with Crippen LogP contribution in [0.3, 0.4) is 0 Å². The Morgan fingerprint density at radius 3 is 2.22 bits per heavy atom. The minimum Gasteiger partial charge on any atom is -0.495 e. The first-order valence-electron chi connectivity index (χ1n) is 15.3. The highest BCUT2D eigenvalue weighted by Gasteiger charge is 2.55. The lowest BCUT2D eigenvalue weighted by Crippen LogP contribution is -2.30. The van der Waals surface area contributed by atoms with E-state index in [2.05, 4.69) is 15.3 Å². The molecular weight excluding hydrogens is 729 g/mol. The molecule has 0 saturated heterocycles. The predicted molar refractivity (Wildman–Crippen MR) is 184 cm³/mol. The van der Waals surface area contributed by atoms with Gasteiger partial charge in [-0.25, -0.2) is 13.2 Å². The number of sulfonamides is 1. The fourth-order valence-corrected chi connectivity index (χ4v) is 7.91. The standard InChI is InChI=1S/C35H34ClF2N2O9PS/c1-23(2)47-34(41)48-24(3)49-50(42,43)35(37,38)30-17-14-27(19-31(30)36)22-40(51(44,45)33-11-6-5-10-32(33)46-4)21-25-12-15-28(16-13-25)29-9-7-8-26(18-29)20-39/h5-19,23-24H,21-22H2,1-4H3,(H,42,43). The minimum atomic E-state index is -5.87. The maximum absolute atomic E-state index is 15.4. The summed E-state index contributed by atoms with van der Waals surface area (Å²) in [6, 6.07) is 25.1. The molecule has 4 aromatic carbocycles. The summed E-state index contributed by atoms with van der Waals surface area (Å²) in [5.74, 6) is 0.0811. The second-order valence-corrected chi connectivity index (χ2v) is 15.5. The molecule has 2 atom stereocenters. The summed E-state index contributed by atoms with van der Waals surface area (Å²) < 4.78 is 92.1. The third-order valence-electron chi connectivity index (χ3n) is 7.28. The molecule has 0 spiro atoms. The van der Waals surface area contributed by atoms with Gasteiger partial charge in [-0.05, 0) is 73.4 Å². The summed E-state index contributed by atoms with van der Waals surface area (Å²) >= 11 is 6.24. The first-order chi connectivity index (χ1) is 24.0. The van der Waals surface area contributed by atoms with Crippen molar-refractivity contribution in [3.8, 4) is 22.9 Å². The Morgan fingerprint density at radius 2 is 1.59 bits per heavy atom. The molecule has 0 aliphatic rings. The highest BCUT2D eigenvalue weighted by Crippen LogP contribution is 2.64. The van der Waals surface area contributed by atoms with Gasteiger partial charge in [0.2, 0.25) is 16.3 Å². The molecular formula is C35H34ClF2N2O9PS. The molecule has 0 fully saturated rings. The van der Waals surface area contributed by atoms with E-state index in [0.717, 1.165) is 40.6 Å². The average Bonchev–Trinajstić information content (AvgIpc) is 3.07. The molecule has 0 aliphatic carbocycles. The summed E-state index contributed by atoms with van der Waals surface area (Å²) in [6.45, 7) is 3.46. The summed E-state index contributed by atoms with van der Waals surface area (Å²) in [4.78, 5) is 21.8. The number of methoxy groups -OCH3 is 1. The van der Waals surface area contributed by atoms with E-state index in [1.165, 1.54) is 39.2 Å². The molecule has 0 bridgehead atoms. The smallest absolute Gasteiger partial charge is 0.495 e. The Morgan fingerprint density at radius 1 is 0.941 bits per heavy atom. The Balaban J connectivity index is 1.64. The van der Waals surface area contributed by atoms with Gasteiger partial charge in [0.05, 0.1) is 35.4 Å². The van der Waals surface area contributed by atoms with Gasteiger partial charge in [0.25, 0.3) is 0 Å². The maximum Gasteiger partial charge on any atom is 0.510 e. The molecule has 270 valence electrons. The van der Waals surface area contributed by atoms with Gasteiger partial charge >= 0.3 is 19.4 Å². The molecule has 0 radical (unpaired) electrons. The summed E-state index contributed by atoms with van der Waals surface area (Å²) in [5.41, 5.74) is -2.83. The molecule has 51 heavy (non-hydrogen) atoms. The van der Waals surface area contributed by atoms with Gasteiger partial charge in [-0.3, -0.25) is 9.09 Å². The molecule has 0 aromatic heterocycles. The van der Waals surface area contributed by atoms with Crippen LogP contribution in [0.4, 0.5) is 13.6 Å². The Bertz CT molecular complexity index is 2080. The van der Waals surface area contributed by atoms with Crippen LogP contribution in [0.1, 0.15) is 43.0 Å². The molecule has 11 nitrogen and oxygen atoms in total. The monoisotopic (exact) mass is 762 g/mol. The first-order valence-corrected chi connectivity index (χ1v) is 18.7. The topological polar surface area (TPSA) is 152 Å². The van der Waals surface area contributed by atoms with E-state index >= 15 is 8.78 Å². The van der Waals surface area contributed by atoms with Gasteiger partial charge in [-0.15, -0.1) is 0 Å². The third kappa shape index (κ3) is 9.51. The number of nitrogens with zero attached hydrogens (tertiary/aromatic N) is 2. The number of rotatable bonds is 14. The molecule has 2 unspecified atom stereocenters. The van der Waals surface area contributed by atoms with Gasteiger partial charge in [-0.2, -0.15) is 18.3 Å². The van der Waals surface area contributed by atoms with Crippen LogP contribution in [-0.2, 0) is 47.3 Å². The van der Waals surface area contributed by atoms with Crippen LogP contribution in [0.5, 0.6) is 5.75 Å². The van der Waals surface area contributed by atoms with Crippen molar-refractivity contribution >= 4 is 35.4 Å². The van der Waals surface area contributed by atoms with Crippen molar-refractivity contribution < 1.29 is 50.2 Å². The SMILES string of the molecule is COc1ccccc1S(=O)(=O)N(Cc1ccc(-c2cccc(C#N)c2)cc1)Cc1ccc(C(F)(F)P(=O)(O)OC(C)OC(=O)OC(C)C)c(Cl)c1. The van der Waals surface area contributed by atoms with Crippen molar-refractivity contribution in [2.24, 2.45) is 0 Å². The van der Waals surface area contributed by atoms with Crippen LogP contribution >= 0.6 is 19.2 Å². The van der Waals surface area contributed by atoms with Crippen LogP contribution in [-0.4, -0.2) is 43.3 Å². The fraction of sp³-hybridized carbons (Fsp3) is 0.257. The number of ether oxygens (including phenoxy) is 3. The van der Waals surface area contributed by atoms with Crippen molar-refractivity contribution in [3.63, 3.8) is 0 Å². The van der Waals surface area contributed by atoms with Gasteiger partial charge in [0.1, 0.15) is 10.6 Å². The van der Waals surface area contributed by atoms with E-state index in [1.807, 2.05) is 6.07 Å². The molecule has 0 saturated carbocycles. The number of carbonyl (C=O) groups excluding carboxylic acids is 1. The number of hydrogen-bond donors (Lipinski definition) is 1. The van der Waals surface area contributed by atoms with Gasteiger partial charge < -0.3 is 19.1 Å². The zero-order valence-corrected chi connectivity index (χ0v) is 30.3. The van der Waals surface area contributed by atoms with Crippen molar-refractivity contribution in [1.82, 2.24) is 4.31 Å². The number of alkyl halides is 2. The lowest BCUT2D eigenvalue weighted by atomic mass is 10.0. The van der Waals surface area contributed by atoms with Crippen LogP contribution in [0.2, 0.25) is 5.02 Å². The van der Waals surface area contributed by atoms with E-state index in [-0.39, 0.29) is 29.3 Å². The van der Waals surface area contributed by atoms with Crippen molar-refractivity contribution in [2.75, 3.05) is 7.11 Å². The highest BCUT2D eigenvalue weighted by molar-refractivity contribution is 7.89. The van der Waals surface area contributed by atoms with E-state index in [4.69, 9.17) is 21.1 Å². The van der Waals surface area contributed by atoms with E-state index in [1.54, 1.807) is 48.5 Å². The largest absolute Gasteiger partial charge is 0.510 e. The molecule has 0 aliphatic heterocycles. The normalized spacial score (nSPS) is 13.7. The zero-order chi connectivity index (χ0) is 37.6. The second-order valence-electron chi connectivity index (χ2n) is 11.4. The zero-order valence-electron chi connectivity index (χ0n) is 27.8. The van der Waals surface area contributed by atoms with Crippen molar-refractivity contribution in [2.45, 2.75) is 56.8 Å². The number of hydrogen-bond acceptors (Lipinski definition) is 9. The predicted octanol–water partition coefficient (Wildman–Crippen LogP) is 8.44. The quantitative estimate of drug-likeness (QED) is 0.0753. The Hall–Kier alpha value is -4.35. The molecule has 4 rings (SSSR count). The summed E-state index contributed by atoms with van der Waals surface area (Å²) in [6.07, 6.45) is -3.79. The van der Waals surface area contributed by atoms with Crippen molar-refractivity contribution in [1.29, 1.82) is 5.26 Å². The lowest BCUT2D eigenvalue weighted by molar-refractivity contribution is -0.0765. The van der Waals surface area contributed by atoms with E-state index in [9.17, 15) is 27.9 Å². The third-order valence-corrected chi connectivity index (χ3v) is 11.0. The van der Waals surface area contributed by atoms with Gasteiger partial charge in [-0.1, -0.05) is 72.3 Å². The minimum absolute atomic E-state index is 0.0811. The second kappa shape index (κ2) is 16.3. The van der Waals surface area contributed by atoms with Gasteiger partial charge in [0, 0.05) is 13.1 Å². The molecule has 0 heterocycles. The Kier molecular flexibility index (Phi) is 12.6. The van der Waals surface area contributed by atoms with E-state index < -0.39 is 52.4 Å². The number of para-hydroxylation sites is 1. The lowest BCUT2D eigenvalue weighted by Gasteiger charge is -2.26. The van der Waals surface area contributed by atoms with Crippen molar-refractivity contribution in [3.05, 3.63) is 118 Å². The fourth-order valence-electron chi connectivity index (χ4n) is 4.87. The van der Waals surface area contributed by atoms with Crippen LogP contribution in [0.25, 0.3) is 11.1 Å². The van der Waals surface area contributed by atoms with Crippen LogP contribution in [0.15, 0.2) is 95.9 Å². The number of nitriles is 1. The number of benzene rings is 4. The number of halogens is 3. The first kappa shape index (κ1) is 39.4. The maximum atomic E-state index is 15.4. The molecule has 4 aromatic rings. The summed E-state index contributed by atoms with van der Waals surface area (Å²) in [7, 11) is -8.84. The summed E-state index contributed by atoms with van der Waals surface area (Å²) in [5, 5.41) is 8.60. The molecule has 0 amide bonds. The van der Waals surface area contributed by atoms with Gasteiger partial charge in [0.15, 0.2) is 0 Å².